The van der Waals surface area contributed by atoms with Crippen molar-refractivity contribution in [3.8, 4) is 0 Å². The molecule has 0 aliphatic carbocycles. The van der Waals surface area contributed by atoms with E-state index in [-0.39, 0.29) is 11.6 Å². The standard InChI is InChI=1S/C17H28ClN3/c1-3-17(4-2,21-11-7-8-12-21)16(20-19)13-14-9-5-6-10-15(14)18/h5-6,9-10,16,20H,3-4,7-8,11-13,19H2,1-2H3. The molecule has 3 N–H and O–H groups in total. The Hall–Kier alpha value is -0.610. The van der Waals surface area contributed by atoms with Crippen molar-refractivity contribution in [2.45, 2.75) is 57.5 Å². The first kappa shape index (κ1) is 16.8. The van der Waals surface area contributed by atoms with Crippen molar-refractivity contribution in [2.75, 3.05) is 13.1 Å². The van der Waals surface area contributed by atoms with E-state index in [9.17, 15) is 0 Å². The Morgan fingerprint density at radius 2 is 1.86 bits per heavy atom. The number of likely N-dealkylation sites (tertiary alicyclic amines) is 1. The fourth-order valence-corrected chi connectivity index (χ4v) is 4.07. The molecule has 0 bridgehead atoms. The molecule has 0 amide bonds. The summed E-state index contributed by atoms with van der Waals surface area (Å²) in [4.78, 5) is 2.63. The van der Waals surface area contributed by atoms with E-state index in [0.717, 1.165) is 24.3 Å². The molecule has 1 heterocycles. The van der Waals surface area contributed by atoms with Crippen LogP contribution in [0.5, 0.6) is 0 Å². The lowest BCUT2D eigenvalue weighted by Gasteiger charge is -2.46. The number of benzene rings is 1. The summed E-state index contributed by atoms with van der Waals surface area (Å²) in [6.45, 7) is 6.92. The van der Waals surface area contributed by atoms with Crippen molar-refractivity contribution in [1.82, 2.24) is 10.3 Å². The molecule has 1 aliphatic rings. The van der Waals surface area contributed by atoms with Crippen LogP contribution in [0.15, 0.2) is 24.3 Å². The predicted molar refractivity (Wildman–Crippen MR) is 90.4 cm³/mol. The van der Waals surface area contributed by atoms with Crippen LogP contribution in [0.2, 0.25) is 5.02 Å². The summed E-state index contributed by atoms with van der Waals surface area (Å²) in [5, 5.41) is 0.834. The summed E-state index contributed by atoms with van der Waals surface area (Å²) < 4.78 is 0. The molecular formula is C17H28ClN3. The highest BCUT2D eigenvalue weighted by Gasteiger charge is 2.41. The molecule has 3 nitrogen and oxygen atoms in total. The molecule has 118 valence electrons. The Bertz CT molecular complexity index is 439. The van der Waals surface area contributed by atoms with Crippen LogP contribution < -0.4 is 11.3 Å². The smallest absolute Gasteiger partial charge is 0.0438 e. The van der Waals surface area contributed by atoms with Gasteiger partial charge in [-0.05, 0) is 56.8 Å². The molecular weight excluding hydrogens is 282 g/mol. The molecule has 1 aliphatic heterocycles. The molecule has 0 spiro atoms. The van der Waals surface area contributed by atoms with Crippen LogP contribution in [0, 0.1) is 0 Å². The van der Waals surface area contributed by atoms with E-state index < -0.39 is 0 Å². The maximum absolute atomic E-state index is 6.34. The zero-order chi connectivity index (χ0) is 15.3. The molecule has 1 fully saturated rings. The van der Waals surface area contributed by atoms with Crippen LogP contribution in [0.25, 0.3) is 0 Å². The monoisotopic (exact) mass is 309 g/mol. The molecule has 0 aromatic heterocycles. The molecule has 0 radical (unpaired) electrons. The molecule has 1 aromatic rings. The van der Waals surface area contributed by atoms with E-state index in [4.69, 9.17) is 17.4 Å². The van der Waals surface area contributed by atoms with Crippen molar-refractivity contribution >= 4 is 11.6 Å². The topological polar surface area (TPSA) is 41.3 Å². The third kappa shape index (κ3) is 3.42. The SMILES string of the molecule is CCC(CC)(C(Cc1ccccc1Cl)NN)N1CCCC1. The Kier molecular flexibility index (Phi) is 6.06. The lowest BCUT2D eigenvalue weighted by atomic mass is 9.80. The number of nitrogens with zero attached hydrogens (tertiary/aromatic N) is 1. The lowest BCUT2D eigenvalue weighted by Crippen LogP contribution is -2.62. The normalized spacial score (nSPS) is 18.1. The molecule has 1 saturated heterocycles. The quantitative estimate of drug-likeness (QED) is 0.599. The minimum Gasteiger partial charge on any atom is -0.296 e. The maximum Gasteiger partial charge on any atom is 0.0438 e. The number of hydrogen-bond donors (Lipinski definition) is 2. The van der Waals surface area contributed by atoms with Gasteiger partial charge in [-0.3, -0.25) is 16.2 Å². The van der Waals surface area contributed by atoms with Gasteiger partial charge < -0.3 is 0 Å². The van der Waals surface area contributed by atoms with E-state index >= 15 is 0 Å². The van der Waals surface area contributed by atoms with E-state index in [1.165, 1.54) is 31.5 Å². The summed E-state index contributed by atoms with van der Waals surface area (Å²) in [5.74, 6) is 5.96. The Morgan fingerprint density at radius 1 is 1.24 bits per heavy atom. The minimum atomic E-state index is 0.115. The van der Waals surface area contributed by atoms with E-state index in [1.807, 2.05) is 18.2 Å². The Morgan fingerprint density at radius 3 is 2.38 bits per heavy atom. The van der Waals surface area contributed by atoms with E-state index in [0.29, 0.717) is 0 Å². The van der Waals surface area contributed by atoms with Crippen molar-refractivity contribution in [3.63, 3.8) is 0 Å². The average Bonchev–Trinajstić information content (AvgIpc) is 3.04. The number of nitrogens with one attached hydrogen (secondary N) is 1. The van der Waals surface area contributed by atoms with Crippen molar-refractivity contribution < 1.29 is 0 Å². The molecule has 1 aromatic carbocycles. The van der Waals surface area contributed by atoms with Gasteiger partial charge in [-0.1, -0.05) is 43.6 Å². The van der Waals surface area contributed by atoms with Crippen molar-refractivity contribution in [3.05, 3.63) is 34.9 Å². The van der Waals surface area contributed by atoms with Crippen LogP contribution in [0.1, 0.15) is 45.1 Å². The average molecular weight is 310 g/mol. The highest BCUT2D eigenvalue weighted by Crippen LogP contribution is 2.33. The zero-order valence-electron chi connectivity index (χ0n) is 13.2. The first-order valence-corrected chi connectivity index (χ1v) is 8.50. The number of hydrazine groups is 1. The summed E-state index contributed by atoms with van der Waals surface area (Å²) in [6.07, 6.45) is 5.66. The minimum absolute atomic E-state index is 0.115. The van der Waals surface area contributed by atoms with Gasteiger partial charge >= 0.3 is 0 Å². The van der Waals surface area contributed by atoms with Gasteiger partial charge in [0.1, 0.15) is 0 Å². The van der Waals surface area contributed by atoms with Crippen LogP contribution in [-0.4, -0.2) is 29.6 Å². The maximum atomic E-state index is 6.34. The summed E-state index contributed by atoms with van der Waals surface area (Å²) in [7, 11) is 0. The third-order valence-corrected chi connectivity index (χ3v) is 5.56. The van der Waals surface area contributed by atoms with Gasteiger partial charge in [0, 0.05) is 16.6 Å². The molecule has 1 unspecified atom stereocenters. The summed E-state index contributed by atoms with van der Waals surface area (Å²) in [6, 6.07) is 8.30. The van der Waals surface area contributed by atoms with Crippen LogP contribution in [-0.2, 0) is 6.42 Å². The van der Waals surface area contributed by atoms with Gasteiger partial charge in [0.15, 0.2) is 0 Å². The first-order chi connectivity index (χ1) is 10.2. The predicted octanol–water partition coefficient (Wildman–Crippen LogP) is 3.37. The van der Waals surface area contributed by atoms with Gasteiger partial charge in [-0.25, -0.2) is 0 Å². The highest BCUT2D eigenvalue weighted by molar-refractivity contribution is 6.31. The van der Waals surface area contributed by atoms with Crippen LogP contribution >= 0.6 is 11.6 Å². The second-order valence-corrected chi connectivity index (χ2v) is 6.43. The van der Waals surface area contributed by atoms with Gasteiger partial charge in [-0.2, -0.15) is 0 Å². The van der Waals surface area contributed by atoms with E-state index in [2.05, 4.69) is 30.2 Å². The fraction of sp³-hybridized carbons (Fsp3) is 0.647. The lowest BCUT2D eigenvalue weighted by molar-refractivity contribution is 0.0621. The molecule has 21 heavy (non-hydrogen) atoms. The first-order valence-electron chi connectivity index (χ1n) is 8.12. The second kappa shape index (κ2) is 7.59. The summed E-state index contributed by atoms with van der Waals surface area (Å²) >= 11 is 6.34. The van der Waals surface area contributed by atoms with Gasteiger partial charge in [-0.15, -0.1) is 0 Å². The third-order valence-electron chi connectivity index (χ3n) is 5.19. The molecule has 2 rings (SSSR count). The fourth-order valence-electron chi connectivity index (χ4n) is 3.86. The number of nitrogens with two attached hydrogens (primary N) is 1. The largest absolute Gasteiger partial charge is 0.296 e. The number of halogens is 1. The number of hydrogen-bond acceptors (Lipinski definition) is 3. The van der Waals surface area contributed by atoms with Crippen molar-refractivity contribution in [2.24, 2.45) is 5.84 Å². The van der Waals surface area contributed by atoms with Crippen molar-refractivity contribution in [1.29, 1.82) is 0 Å². The van der Waals surface area contributed by atoms with Crippen LogP contribution in [0.3, 0.4) is 0 Å². The van der Waals surface area contributed by atoms with Gasteiger partial charge in [0.2, 0.25) is 0 Å². The molecule has 0 saturated carbocycles. The van der Waals surface area contributed by atoms with E-state index in [1.54, 1.807) is 0 Å². The Balaban J connectivity index is 2.25. The Labute approximate surface area is 133 Å². The number of rotatable bonds is 7. The zero-order valence-corrected chi connectivity index (χ0v) is 14.0. The highest BCUT2D eigenvalue weighted by atomic mass is 35.5. The van der Waals surface area contributed by atoms with Gasteiger partial charge in [0.25, 0.3) is 0 Å². The second-order valence-electron chi connectivity index (χ2n) is 6.02. The summed E-state index contributed by atoms with van der Waals surface area (Å²) in [5.41, 5.74) is 4.39. The molecule has 4 heteroatoms. The van der Waals surface area contributed by atoms with Crippen LogP contribution in [0.4, 0.5) is 0 Å². The molecule has 1 atom stereocenters. The van der Waals surface area contributed by atoms with Gasteiger partial charge in [0.05, 0.1) is 0 Å².